The minimum absolute atomic E-state index is 0.0387. The molecule has 3 aromatic carbocycles. The Bertz CT molecular complexity index is 1410. The van der Waals surface area contributed by atoms with Crippen LogP contribution >= 0.6 is 0 Å². The van der Waals surface area contributed by atoms with Crippen molar-refractivity contribution in [3.63, 3.8) is 0 Å². The van der Waals surface area contributed by atoms with E-state index in [0.717, 1.165) is 36.1 Å². The Morgan fingerprint density at radius 3 is 2.35 bits per heavy atom. The Morgan fingerprint density at radius 1 is 0.900 bits per heavy atom. The number of nitrogens with one attached hydrogen (secondary N) is 1. The second-order valence-electron chi connectivity index (χ2n) is 11.9. The van der Waals surface area contributed by atoms with Crippen LogP contribution < -0.4 is 5.32 Å². The molecule has 4 nitrogen and oxygen atoms in total. The summed E-state index contributed by atoms with van der Waals surface area (Å²) in [5, 5.41) is 12.8. The van der Waals surface area contributed by atoms with Gasteiger partial charge in [0, 0.05) is 12.1 Å². The average Bonchev–Trinajstić information content (AvgIpc) is 3.07. The molecule has 1 amide bonds. The Hall–Kier alpha value is -3.66. The van der Waals surface area contributed by atoms with E-state index in [1.54, 1.807) is 12.1 Å². The Balaban J connectivity index is 1.32. The van der Waals surface area contributed by atoms with Crippen LogP contribution in [0.3, 0.4) is 0 Å². The van der Waals surface area contributed by atoms with E-state index in [-0.39, 0.29) is 5.91 Å². The zero-order valence-electron chi connectivity index (χ0n) is 24.0. The lowest BCUT2D eigenvalue weighted by Gasteiger charge is -2.24. The topological polar surface area (TPSA) is 66.4 Å². The van der Waals surface area contributed by atoms with Gasteiger partial charge in [-0.05, 0) is 109 Å². The standard InChI is InChI=1S/C36H41NO3/c1-23-19-30(20-26-13-15-28(16-14-26)32-11-7-8-12-33(32)36(39)40)25(3)31-18-17-29(21-34(31)24(23)2)35(38)37-22-27-9-5-4-6-10-27/h7-8,11-18,21,25,27,30H,4-6,9-10,19-20,22H2,1-3H3,(H,37,38)(H,39,40). The third-order valence-corrected chi connectivity index (χ3v) is 9.32. The maximum absolute atomic E-state index is 13.1. The van der Waals surface area contributed by atoms with E-state index in [0.29, 0.717) is 23.3 Å². The van der Waals surface area contributed by atoms with Crippen LogP contribution in [0, 0.1) is 11.8 Å². The van der Waals surface area contributed by atoms with Gasteiger partial charge in [-0.2, -0.15) is 0 Å². The molecular weight excluding hydrogens is 494 g/mol. The minimum Gasteiger partial charge on any atom is -0.478 e. The first-order valence-electron chi connectivity index (χ1n) is 14.8. The zero-order valence-corrected chi connectivity index (χ0v) is 24.0. The minimum atomic E-state index is -0.909. The molecule has 0 aliphatic heterocycles. The normalized spacial score (nSPS) is 19.6. The molecule has 0 saturated heterocycles. The van der Waals surface area contributed by atoms with E-state index in [9.17, 15) is 14.7 Å². The van der Waals surface area contributed by atoms with Crippen molar-refractivity contribution in [1.29, 1.82) is 0 Å². The number of amides is 1. The van der Waals surface area contributed by atoms with Crippen molar-refractivity contribution in [2.24, 2.45) is 11.8 Å². The molecule has 0 bridgehead atoms. The number of carboxylic acids is 1. The van der Waals surface area contributed by atoms with E-state index in [2.05, 4.69) is 50.4 Å². The number of rotatable bonds is 7. The Kier molecular flexibility index (Phi) is 8.54. The second kappa shape index (κ2) is 12.2. The van der Waals surface area contributed by atoms with Crippen LogP contribution in [0.1, 0.15) is 103 Å². The summed E-state index contributed by atoms with van der Waals surface area (Å²) in [7, 11) is 0. The van der Waals surface area contributed by atoms with Crippen molar-refractivity contribution >= 4 is 17.4 Å². The van der Waals surface area contributed by atoms with Gasteiger partial charge in [-0.25, -0.2) is 4.79 Å². The summed E-state index contributed by atoms with van der Waals surface area (Å²) in [5.74, 6) is 0.516. The number of hydrogen-bond donors (Lipinski definition) is 2. The van der Waals surface area contributed by atoms with Gasteiger partial charge in [-0.1, -0.05) is 80.3 Å². The summed E-state index contributed by atoms with van der Waals surface area (Å²) >= 11 is 0. The van der Waals surface area contributed by atoms with Crippen LogP contribution in [0.25, 0.3) is 16.7 Å². The summed E-state index contributed by atoms with van der Waals surface area (Å²) in [6.45, 7) is 7.52. The van der Waals surface area contributed by atoms with Gasteiger partial charge in [0.1, 0.15) is 0 Å². The molecule has 4 heteroatoms. The van der Waals surface area contributed by atoms with Crippen LogP contribution in [0.2, 0.25) is 0 Å². The molecule has 0 aromatic heterocycles. The van der Waals surface area contributed by atoms with Crippen molar-refractivity contribution in [3.8, 4) is 11.1 Å². The molecule has 2 aliphatic carbocycles. The maximum atomic E-state index is 13.1. The van der Waals surface area contributed by atoms with Crippen LogP contribution in [0.4, 0.5) is 0 Å². The first-order valence-corrected chi connectivity index (χ1v) is 14.8. The summed E-state index contributed by atoms with van der Waals surface area (Å²) in [6, 6.07) is 21.8. The largest absolute Gasteiger partial charge is 0.478 e. The van der Waals surface area contributed by atoms with Gasteiger partial charge in [0.15, 0.2) is 0 Å². The number of carbonyl (C=O) groups is 2. The predicted molar refractivity (Wildman–Crippen MR) is 163 cm³/mol. The highest BCUT2D eigenvalue weighted by Gasteiger charge is 2.27. The van der Waals surface area contributed by atoms with Gasteiger partial charge >= 0.3 is 5.97 Å². The lowest BCUT2D eigenvalue weighted by molar-refractivity contribution is 0.0697. The highest BCUT2D eigenvalue weighted by molar-refractivity contribution is 5.96. The van der Waals surface area contributed by atoms with Crippen molar-refractivity contribution in [3.05, 3.63) is 100 Å². The highest BCUT2D eigenvalue weighted by Crippen LogP contribution is 2.41. The number of aromatic carboxylic acids is 1. The zero-order chi connectivity index (χ0) is 28.2. The number of hydrogen-bond acceptors (Lipinski definition) is 2. The van der Waals surface area contributed by atoms with Gasteiger partial charge in [0.25, 0.3) is 5.91 Å². The molecule has 2 N–H and O–H groups in total. The first kappa shape index (κ1) is 27.9. The second-order valence-corrected chi connectivity index (χ2v) is 11.9. The van der Waals surface area contributed by atoms with E-state index in [4.69, 9.17) is 0 Å². The quantitative estimate of drug-likeness (QED) is 0.319. The fourth-order valence-corrected chi connectivity index (χ4v) is 6.65. The number of carbonyl (C=O) groups excluding carboxylic acids is 1. The lowest BCUT2D eigenvalue weighted by Crippen LogP contribution is -2.30. The molecule has 5 rings (SSSR count). The summed E-state index contributed by atoms with van der Waals surface area (Å²) < 4.78 is 0. The maximum Gasteiger partial charge on any atom is 0.336 e. The van der Waals surface area contributed by atoms with Crippen LogP contribution in [-0.2, 0) is 6.42 Å². The van der Waals surface area contributed by atoms with Crippen molar-refractivity contribution in [2.75, 3.05) is 6.54 Å². The predicted octanol–water partition coefficient (Wildman–Crippen LogP) is 8.52. The number of allylic oxidation sites excluding steroid dienone is 2. The summed E-state index contributed by atoms with van der Waals surface area (Å²) in [6.07, 6.45) is 8.29. The monoisotopic (exact) mass is 535 g/mol. The summed E-state index contributed by atoms with van der Waals surface area (Å²) in [4.78, 5) is 24.7. The van der Waals surface area contributed by atoms with E-state index < -0.39 is 5.97 Å². The molecule has 3 aromatic rings. The van der Waals surface area contributed by atoms with Gasteiger partial charge in [-0.15, -0.1) is 0 Å². The molecule has 1 saturated carbocycles. The van der Waals surface area contributed by atoms with Crippen LogP contribution in [0.5, 0.6) is 0 Å². The van der Waals surface area contributed by atoms with Crippen molar-refractivity contribution < 1.29 is 14.7 Å². The number of fused-ring (bicyclic) bond motifs is 1. The molecule has 208 valence electrons. The SMILES string of the molecule is CC1=C(C)c2cc(C(=O)NCC3CCCCC3)ccc2C(C)C(Cc2ccc(-c3ccccc3C(=O)O)cc2)C1. The third-order valence-electron chi connectivity index (χ3n) is 9.32. The summed E-state index contributed by atoms with van der Waals surface area (Å²) in [5.41, 5.74) is 9.17. The Labute approximate surface area is 238 Å². The van der Waals surface area contributed by atoms with Crippen LogP contribution in [-0.4, -0.2) is 23.5 Å². The molecule has 40 heavy (non-hydrogen) atoms. The number of carboxylic acid groups (broad SMARTS) is 1. The smallest absolute Gasteiger partial charge is 0.336 e. The van der Waals surface area contributed by atoms with E-state index in [1.807, 2.05) is 30.3 Å². The molecular formula is C36H41NO3. The molecule has 2 aliphatic rings. The van der Waals surface area contributed by atoms with Crippen molar-refractivity contribution in [2.45, 2.75) is 71.6 Å². The fraction of sp³-hybridized carbons (Fsp3) is 0.389. The highest BCUT2D eigenvalue weighted by atomic mass is 16.4. The third kappa shape index (κ3) is 6.06. The van der Waals surface area contributed by atoms with E-state index in [1.165, 1.54) is 59.9 Å². The molecule has 0 spiro atoms. The van der Waals surface area contributed by atoms with Gasteiger partial charge < -0.3 is 10.4 Å². The number of benzene rings is 3. The molecule has 2 unspecified atom stereocenters. The lowest BCUT2D eigenvalue weighted by atomic mass is 9.80. The van der Waals surface area contributed by atoms with Crippen LogP contribution in [0.15, 0.2) is 72.3 Å². The molecule has 2 atom stereocenters. The molecule has 1 fully saturated rings. The first-order chi connectivity index (χ1) is 19.3. The molecule has 0 heterocycles. The van der Waals surface area contributed by atoms with Crippen molar-refractivity contribution in [1.82, 2.24) is 5.32 Å². The van der Waals surface area contributed by atoms with Gasteiger partial charge in [0.05, 0.1) is 5.56 Å². The van der Waals surface area contributed by atoms with Gasteiger partial charge in [0.2, 0.25) is 0 Å². The Morgan fingerprint density at radius 2 is 1.62 bits per heavy atom. The van der Waals surface area contributed by atoms with Gasteiger partial charge in [-0.3, -0.25) is 4.79 Å². The average molecular weight is 536 g/mol. The fourth-order valence-electron chi connectivity index (χ4n) is 6.65. The molecule has 0 radical (unpaired) electrons. The van der Waals surface area contributed by atoms with E-state index >= 15 is 0 Å².